The zero-order chi connectivity index (χ0) is 8.10. The van der Waals surface area contributed by atoms with Crippen LogP contribution in [-0.4, -0.2) is 18.8 Å². The molecular formula is C9H19NO. The molecule has 2 nitrogen and oxygen atoms in total. The van der Waals surface area contributed by atoms with Gasteiger partial charge in [-0.1, -0.05) is 13.3 Å². The van der Waals surface area contributed by atoms with E-state index in [4.69, 9.17) is 10.5 Å². The first-order valence-electron chi connectivity index (χ1n) is 4.71. The van der Waals surface area contributed by atoms with E-state index >= 15 is 0 Å². The molecule has 0 aromatic rings. The highest BCUT2D eigenvalue weighted by Gasteiger charge is 2.23. The molecule has 0 aromatic carbocycles. The summed E-state index contributed by atoms with van der Waals surface area (Å²) in [7, 11) is 0. The first-order chi connectivity index (χ1) is 5.34. The molecule has 1 fully saturated rings. The van der Waals surface area contributed by atoms with Crippen molar-refractivity contribution in [2.75, 3.05) is 6.61 Å². The van der Waals surface area contributed by atoms with Crippen molar-refractivity contribution in [3.05, 3.63) is 0 Å². The summed E-state index contributed by atoms with van der Waals surface area (Å²) in [6.07, 6.45) is 6.31. The molecule has 1 saturated carbocycles. The molecular weight excluding hydrogens is 138 g/mol. The Morgan fingerprint density at radius 1 is 1.45 bits per heavy atom. The molecule has 1 unspecified atom stereocenters. The van der Waals surface area contributed by atoms with Crippen LogP contribution in [0.5, 0.6) is 0 Å². The molecule has 0 amide bonds. The van der Waals surface area contributed by atoms with Crippen LogP contribution in [0.2, 0.25) is 0 Å². The van der Waals surface area contributed by atoms with Crippen molar-refractivity contribution in [1.29, 1.82) is 0 Å². The average molecular weight is 157 g/mol. The zero-order valence-corrected chi connectivity index (χ0v) is 7.38. The van der Waals surface area contributed by atoms with Crippen LogP contribution in [-0.2, 0) is 4.74 Å². The average Bonchev–Trinajstić information content (AvgIpc) is 2.37. The standard InChI is InChI=1S/C9H19NO/c1-2-3-7-11-9-6-4-5-8(9)10/h8-9H,2-7,10H2,1H3/t8?,9-/m0/s1. The Morgan fingerprint density at radius 3 is 2.82 bits per heavy atom. The molecule has 0 spiro atoms. The smallest absolute Gasteiger partial charge is 0.0725 e. The summed E-state index contributed by atoms with van der Waals surface area (Å²) in [5.74, 6) is 0. The Balaban J connectivity index is 2.05. The minimum absolute atomic E-state index is 0.312. The lowest BCUT2D eigenvalue weighted by Crippen LogP contribution is -2.31. The Hall–Kier alpha value is -0.0800. The Labute approximate surface area is 69.1 Å². The number of ether oxygens (including phenoxy) is 1. The van der Waals surface area contributed by atoms with Gasteiger partial charge in [0.15, 0.2) is 0 Å². The van der Waals surface area contributed by atoms with E-state index in [9.17, 15) is 0 Å². The predicted octanol–water partition coefficient (Wildman–Crippen LogP) is 1.68. The van der Waals surface area contributed by atoms with E-state index in [1.807, 2.05) is 0 Å². The molecule has 0 bridgehead atoms. The summed E-state index contributed by atoms with van der Waals surface area (Å²) in [6, 6.07) is 0.312. The van der Waals surface area contributed by atoms with Gasteiger partial charge in [0.05, 0.1) is 6.10 Å². The van der Waals surface area contributed by atoms with Crippen molar-refractivity contribution in [1.82, 2.24) is 0 Å². The fraction of sp³-hybridized carbons (Fsp3) is 1.00. The second-order valence-corrected chi connectivity index (χ2v) is 3.36. The first-order valence-corrected chi connectivity index (χ1v) is 4.71. The number of rotatable bonds is 4. The zero-order valence-electron chi connectivity index (χ0n) is 7.38. The highest BCUT2D eigenvalue weighted by molar-refractivity contribution is 4.80. The summed E-state index contributed by atoms with van der Waals surface area (Å²) in [5.41, 5.74) is 5.84. The van der Waals surface area contributed by atoms with E-state index in [-0.39, 0.29) is 0 Å². The molecule has 0 heterocycles. The summed E-state index contributed by atoms with van der Waals surface area (Å²) in [4.78, 5) is 0. The van der Waals surface area contributed by atoms with Gasteiger partial charge in [0.1, 0.15) is 0 Å². The number of hydrogen-bond donors (Lipinski definition) is 1. The van der Waals surface area contributed by atoms with Gasteiger partial charge >= 0.3 is 0 Å². The Kier molecular flexibility index (Phi) is 3.87. The quantitative estimate of drug-likeness (QED) is 0.630. The number of unbranched alkanes of at least 4 members (excludes halogenated alkanes) is 1. The van der Waals surface area contributed by atoms with Crippen LogP contribution in [0.15, 0.2) is 0 Å². The lowest BCUT2D eigenvalue weighted by atomic mass is 10.2. The number of hydrogen-bond acceptors (Lipinski definition) is 2. The van der Waals surface area contributed by atoms with Gasteiger partial charge in [-0.05, 0) is 25.7 Å². The molecule has 0 aromatic heterocycles. The van der Waals surface area contributed by atoms with Crippen LogP contribution in [0.4, 0.5) is 0 Å². The van der Waals surface area contributed by atoms with Gasteiger partial charge in [-0.25, -0.2) is 0 Å². The van der Waals surface area contributed by atoms with E-state index in [2.05, 4.69) is 6.92 Å². The molecule has 2 heteroatoms. The van der Waals surface area contributed by atoms with E-state index < -0.39 is 0 Å². The molecule has 2 N–H and O–H groups in total. The van der Waals surface area contributed by atoms with Gasteiger partial charge in [0.25, 0.3) is 0 Å². The Bertz CT molecular complexity index is 106. The lowest BCUT2D eigenvalue weighted by molar-refractivity contribution is 0.0463. The van der Waals surface area contributed by atoms with Crippen molar-refractivity contribution in [3.8, 4) is 0 Å². The monoisotopic (exact) mass is 157 g/mol. The highest BCUT2D eigenvalue weighted by Crippen LogP contribution is 2.20. The van der Waals surface area contributed by atoms with Gasteiger partial charge < -0.3 is 10.5 Å². The van der Waals surface area contributed by atoms with Gasteiger partial charge in [-0.3, -0.25) is 0 Å². The topological polar surface area (TPSA) is 35.2 Å². The fourth-order valence-corrected chi connectivity index (χ4v) is 1.54. The van der Waals surface area contributed by atoms with E-state index in [1.54, 1.807) is 0 Å². The van der Waals surface area contributed by atoms with Crippen molar-refractivity contribution in [2.24, 2.45) is 5.73 Å². The molecule has 0 radical (unpaired) electrons. The van der Waals surface area contributed by atoms with Gasteiger partial charge in [0.2, 0.25) is 0 Å². The molecule has 0 saturated heterocycles. The summed E-state index contributed by atoms with van der Waals surface area (Å²) >= 11 is 0. The molecule has 2 atom stereocenters. The van der Waals surface area contributed by atoms with Gasteiger partial charge in [-0.15, -0.1) is 0 Å². The highest BCUT2D eigenvalue weighted by atomic mass is 16.5. The van der Waals surface area contributed by atoms with Crippen LogP contribution in [0.25, 0.3) is 0 Å². The van der Waals surface area contributed by atoms with Crippen LogP contribution >= 0.6 is 0 Å². The second kappa shape index (κ2) is 4.73. The normalized spacial score (nSPS) is 31.1. The first kappa shape index (κ1) is 9.01. The third-order valence-electron chi connectivity index (χ3n) is 2.33. The van der Waals surface area contributed by atoms with Crippen molar-refractivity contribution in [3.63, 3.8) is 0 Å². The fourth-order valence-electron chi connectivity index (χ4n) is 1.54. The van der Waals surface area contributed by atoms with Crippen LogP contribution in [0.1, 0.15) is 39.0 Å². The van der Waals surface area contributed by atoms with Crippen LogP contribution in [0.3, 0.4) is 0 Å². The maximum absolute atomic E-state index is 5.84. The maximum atomic E-state index is 5.84. The van der Waals surface area contributed by atoms with E-state index in [0.29, 0.717) is 12.1 Å². The van der Waals surface area contributed by atoms with Gasteiger partial charge in [0, 0.05) is 12.6 Å². The molecule has 66 valence electrons. The van der Waals surface area contributed by atoms with E-state index in [0.717, 1.165) is 13.0 Å². The maximum Gasteiger partial charge on any atom is 0.0725 e. The second-order valence-electron chi connectivity index (χ2n) is 3.36. The number of nitrogens with two attached hydrogens (primary N) is 1. The van der Waals surface area contributed by atoms with E-state index in [1.165, 1.54) is 25.7 Å². The largest absolute Gasteiger partial charge is 0.377 e. The molecule has 1 rings (SSSR count). The third-order valence-corrected chi connectivity index (χ3v) is 2.33. The molecule has 1 aliphatic carbocycles. The Morgan fingerprint density at radius 2 is 2.27 bits per heavy atom. The van der Waals surface area contributed by atoms with Crippen molar-refractivity contribution < 1.29 is 4.74 Å². The molecule has 1 aliphatic rings. The lowest BCUT2D eigenvalue weighted by Gasteiger charge is -2.15. The summed E-state index contributed by atoms with van der Waals surface area (Å²) in [6.45, 7) is 3.08. The van der Waals surface area contributed by atoms with Crippen molar-refractivity contribution in [2.45, 2.75) is 51.2 Å². The summed E-state index contributed by atoms with van der Waals surface area (Å²) < 4.78 is 5.63. The summed E-state index contributed by atoms with van der Waals surface area (Å²) in [5, 5.41) is 0. The minimum Gasteiger partial charge on any atom is -0.377 e. The van der Waals surface area contributed by atoms with Crippen LogP contribution in [0, 0.1) is 0 Å². The predicted molar refractivity (Wildman–Crippen MR) is 46.5 cm³/mol. The third kappa shape index (κ3) is 2.80. The molecule has 0 aliphatic heterocycles. The minimum atomic E-state index is 0.312. The SMILES string of the molecule is CCCCO[C@H]1CCCC1N. The van der Waals surface area contributed by atoms with Gasteiger partial charge in [-0.2, -0.15) is 0 Å². The van der Waals surface area contributed by atoms with Crippen molar-refractivity contribution >= 4 is 0 Å². The van der Waals surface area contributed by atoms with Crippen LogP contribution < -0.4 is 5.73 Å². The molecule has 11 heavy (non-hydrogen) atoms.